The Morgan fingerprint density at radius 2 is 1.66 bits per heavy atom. The number of aliphatic hydroxyl groups excluding tert-OH is 1. The molecule has 2 aliphatic rings. The van der Waals surface area contributed by atoms with Crippen LogP contribution < -0.4 is 15.4 Å². The summed E-state index contributed by atoms with van der Waals surface area (Å²) < 4.78 is 75.7. The Hall–Kier alpha value is -3.80. The van der Waals surface area contributed by atoms with Gasteiger partial charge in [-0.25, -0.2) is 8.78 Å². The van der Waals surface area contributed by atoms with Gasteiger partial charge in [-0.05, 0) is 83.8 Å². The number of ether oxygens (including phenoxy) is 2. The highest BCUT2D eigenvalue weighted by molar-refractivity contribution is 5.76. The molecule has 5 rings (SSSR count). The number of nitrogens with one attached hydrogen (secondary N) is 2. The van der Waals surface area contributed by atoms with Gasteiger partial charge in [-0.3, -0.25) is 4.79 Å². The molecule has 3 N–H and O–H groups in total. The van der Waals surface area contributed by atoms with Crippen molar-refractivity contribution in [3.05, 3.63) is 101 Å². The lowest BCUT2D eigenvalue weighted by Crippen LogP contribution is -2.49. The minimum Gasteiger partial charge on any atom is -0.406 e. The van der Waals surface area contributed by atoms with E-state index < -0.39 is 30.1 Å². The number of aliphatic hydroxyl groups is 1. The summed E-state index contributed by atoms with van der Waals surface area (Å²) in [5.74, 6) is -2.08. The molecule has 1 aliphatic heterocycles. The van der Waals surface area contributed by atoms with Crippen molar-refractivity contribution in [3.63, 3.8) is 0 Å². The first-order valence-corrected chi connectivity index (χ1v) is 14.5. The number of carbonyl (C=O) groups is 1. The second-order valence-electron chi connectivity index (χ2n) is 11.0. The number of alkyl halides is 3. The summed E-state index contributed by atoms with van der Waals surface area (Å²) in [6, 6.07) is 13.4. The molecule has 3 aromatic rings. The molecular formula is C33H33F5N2O4. The second-order valence-corrected chi connectivity index (χ2v) is 11.0. The number of fused-ring (bicyclic) bond motifs is 5. The summed E-state index contributed by atoms with van der Waals surface area (Å²) in [4.78, 5) is 12.7. The van der Waals surface area contributed by atoms with Crippen molar-refractivity contribution in [2.45, 2.75) is 62.8 Å². The van der Waals surface area contributed by atoms with Crippen LogP contribution in [0, 0.1) is 11.6 Å². The number of benzene rings is 3. The van der Waals surface area contributed by atoms with Gasteiger partial charge in [0.2, 0.25) is 5.91 Å². The number of allylic oxidation sites excluding steroid dienone is 1. The van der Waals surface area contributed by atoms with Crippen molar-refractivity contribution in [2.75, 3.05) is 13.2 Å². The molecule has 0 fully saturated rings. The van der Waals surface area contributed by atoms with E-state index in [9.17, 15) is 31.9 Å². The Kier molecular flexibility index (Phi) is 9.97. The summed E-state index contributed by atoms with van der Waals surface area (Å²) in [5.41, 5.74) is 3.64. The average Bonchev–Trinajstić information content (AvgIpc) is 3.30. The Balaban J connectivity index is 1.39. The summed E-state index contributed by atoms with van der Waals surface area (Å²) in [6.45, 7) is 0.438. The smallest absolute Gasteiger partial charge is 0.406 e. The molecule has 1 aliphatic carbocycles. The molecule has 1 amide bonds. The maximum atomic E-state index is 13.9. The first-order valence-electron chi connectivity index (χ1n) is 14.5. The third-order valence-corrected chi connectivity index (χ3v) is 7.78. The van der Waals surface area contributed by atoms with Gasteiger partial charge < -0.3 is 25.2 Å². The topological polar surface area (TPSA) is 79.8 Å². The van der Waals surface area contributed by atoms with Gasteiger partial charge in [-0.2, -0.15) is 0 Å². The molecule has 0 unspecified atom stereocenters. The molecule has 6 nitrogen and oxygen atoms in total. The van der Waals surface area contributed by atoms with Crippen LogP contribution in [-0.2, 0) is 16.0 Å². The number of amides is 1. The quantitative estimate of drug-likeness (QED) is 0.232. The van der Waals surface area contributed by atoms with Gasteiger partial charge in [-0.1, -0.05) is 36.4 Å². The Labute approximate surface area is 251 Å². The predicted octanol–water partition coefficient (Wildman–Crippen LogP) is 6.45. The fraction of sp³-hybridized carbons (Fsp3) is 0.364. The standard InChI is InChI=1S/C33H33F5N2O4/c34-23-13-20(14-24(35)17-23)15-29-30(41)19-39-28-18-31(43-12-4-2-1-3-5-32(42)40-29)26-11-8-22(16-27(26)28)21-6-9-25(10-7-21)44-33(36,37)38/h2,4,6-11,13-14,16-17,28-31,39,41H,1,3,5,12,15,18-19H2,(H,40,42)/b4-2+/t28-,29-,30+,31+/m0/s1. The van der Waals surface area contributed by atoms with E-state index >= 15 is 0 Å². The third kappa shape index (κ3) is 8.43. The molecular weight excluding hydrogens is 583 g/mol. The molecule has 0 saturated heterocycles. The summed E-state index contributed by atoms with van der Waals surface area (Å²) in [5, 5.41) is 17.4. The van der Waals surface area contributed by atoms with Crippen molar-refractivity contribution in [1.82, 2.24) is 10.6 Å². The molecule has 0 spiro atoms. The van der Waals surface area contributed by atoms with Crippen LogP contribution in [0.5, 0.6) is 5.75 Å². The maximum absolute atomic E-state index is 13.9. The second kappa shape index (κ2) is 13.9. The van der Waals surface area contributed by atoms with Crippen molar-refractivity contribution in [1.29, 1.82) is 0 Å². The molecule has 3 aromatic carbocycles. The van der Waals surface area contributed by atoms with Crippen LogP contribution in [0.4, 0.5) is 22.0 Å². The largest absolute Gasteiger partial charge is 0.573 e. The minimum atomic E-state index is -4.78. The van der Waals surface area contributed by atoms with Gasteiger partial charge in [0.15, 0.2) is 0 Å². The molecule has 44 heavy (non-hydrogen) atoms. The van der Waals surface area contributed by atoms with Crippen molar-refractivity contribution in [2.24, 2.45) is 0 Å². The highest BCUT2D eigenvalue weighted by atomic mass is 19.4. The number of carbonyl (C=O) groups excluding carboxylic acids is 1. The monoisotopic (exact) mass is 616 g/mol. The fourth-order valence-electron chi connectivity index (χ4n) is 5.71. The van der Waals surface area contributed by atoms with Crippen molar-refractivity contribution >= 4 is 5.91 Å². The van der Waals surface area contributed by atoms with Crippen LogP contribution in [0.3, 0.4) is 0 Å². The zero-order chi connectivity index (χ0) is 31.3. The lowest BCUT2D eigenvalue weighted by molar-refractivity contribution is -0.274. The van der Waals surface area contributed by atoms with Gasteiger partial charge in [0.1, 0.15) is 17.4 Å². The van der Waals surface area contributed by atoms with Gasteiger partial charge in [-0.15, -0.1) is 13.2 Å². The Morgan fingerprint density at radius 1 is 0.932 bits per heavy atom. The van der Waals surface area contributed by atoms with Crippen LogP contribution in [0.15, 0.2) is 72.8 Å². The minimum absolute atomic E-state index is 0.0222. The van der Waals surface area contributed by atoms with Crippen LogP contribution in [0.1, 0.15) is 54.5 Å². The van der Waals surface area contributed by atoms with Crippen LogP contribution in [0.25, 0.3) is 11.1 Å². The van der Waals surface area contributed by atoms with Crippen LogP contribution >= 0.6 is 0 Å². The summed E-state index contributed by atoms with van der Waals surface area (Å²) in [7, 11) is 0. The highest BCUT2D eigenvalue weighted by Crippen LogP contribution is 2.43. The zero-order valence-corrected chi connectivity index (χ0v) is 23.7. The number of hydrogen-bond acceptors (Lipinski definition) is 5. The fourth-order valence-corrected chi connectivity index (χ4v) is 5.71. The maximum Gasteiger partial charge on any atom is 0.573 e. The normalized spacial score (nSPS) is 23.9. The summed E-state index contributed by atoms with van der Waals surface area (Å²) in [6.07, 6.45) is -0.212. The van der Waals surface area contributed by atoms with E-state index in [1.807, 2.05) is 30.4 Å². The number of β-amino-alcohol motifs (C(OH)–C–C–N with tert-alkyl or cyclic N) is 1. The molecule has 0 aromatic heterocycles. The van der Waals surface area contributed by atoms with Gasteiger partial charge in [0.05, 0.1) is 24.9 Å². The Morgan fingerprint density at radius 3 is 2.39 bits per heavy atom. The first-order chi connectivity index (χ1) is 21.0. The van der Waals surface area contributed by atoms with Gasteiger partial charge in [0, 0.05) is 25.1 Å². The number of halogens is 5. The molecule has 2 bridgehead atoms. The highest BCUT2D eigenvalue weighted by Gasteiger charge is 2.33. The van der Waals surface area contributed by atoms with E-state index in [1.54, 1.807) is 12.1 Å². The molecule has 0 saturated carbocycles. The van der Waals surface area contributed by atoms with Crippen LogP contribution in [0.2, 0.25) is 0 Å². The molecule has 11 heteroatoms. The van der Waals surface area contributed by atoms with Crippen molar-refractivity contribution in [3.8, 4) is 16.9 Å². The van der Waals surface area contributed by atoms with E-state index in [0.717, 1.165) is 22.8 Å². The molecule has 1 heterocycles. The first kappa shape index (κ1) is 31.6. The lowest BCUT2D eigenvalue weighted by Gasteiger charge is -2.26. The predicted molar refractivity (Wildman–Crippen MR) is 154 cm³/mol. The van der Waals surface area contributed by atoms with Crippen LogP contribution in [-0.4, -0.2) is 42.7 Å². The third-order valence-electron chi connectivity index (χ3n) is 7.78. The van der Waals surface area contributed by atoms with Crippen molar-refractivity contribution < 1.29 is 41.3 Å². The van der Waals surface area contributed by atoms with E-state index in [4.69, 9.17) is 4.74 Å². The van der Waals surface area contributed by atoms with E-state index in [0.29, 0.717) is 37.0 Å². The van der Waals surface area contributed by atoms with Gasteiger partial charge >= 0.3 is 6.36 Å². The average molecular weight is 617 g/mol. The SMILES string of the molecule is O=C1CCC/C=C/CO[C@@H]2C[C@H](NC[C@@H](O)[C@H](Cc3cc(F)cc(F)c3)N1)c1cc(-c3ccc(OC(F)(F)F)cc3)ccc12. The Bertz CT molecular complexity index is 1460. The van der Waals surface area contributed by atoms with E-state index in [-0.39, 0.29) is 43.2 Å². The van der Waals surface area contributed by atoms with Gasteiger partial charge in [0.25, 0.3) is 0 Å². The lowest BCUT2D eigenvalue weighted by atomic mass is 9.98. The summed E-state index contributed by atoms with van der Waals surface area (Å²) >= 11 is 0. The molecule has 234 valence electrons. The molecule has 0 radical (unpaired) electrons. The van der Waals surface area contributed by atoms with E-state index in [1.165, 1.54) is 24.3 Å². The van der Waals surface area contributed by atoms with E-state index in [2.05, 4.69) is 15.4 Å². The zero-order valence-electron chi connectivity index (χ0n) is 23.7. The number of hydrogen-bond donors (Lipinski definition) is 3. The number of rotatable bonds is 4. The molecule has 4 atom stereocenters.